The third-order valence-corrected chi connectivity index (χ3v) is 9.91. The molecule has 3 saturated heterocycles. The molecule has 45 heavy (non-hydrogen) atoms. The molecule has 1 atom stereocenters. The number of hydrogen-bond acceptors (Lipinski definition) is 6. The number of anilines is 1. The molecule has 0 bridgehead atoms. The number of nitrogens with zero attached hydrogens (tertiary/aromatic N) is 4. The number of piperidine rings is 3. The summed E-state index contributed by atoms with van der Waals surface area (Å²) in [7, 11) is 0. The topological polar surface area (TPSA) is 126 Å². The van der Waals surface area contributed by atoms with Gasteiger partial charge in [-0.25, -0.2) is 4.79 Å². The van der Waals surface area contributed by atoms with E-state index in [1.807, 2.05) is 29.2 Å². The lowest BCUT2D eigenvalue weighted by molar-refractivity contribution is -0.140. The summed E-state index contributed by atoms with van der Waals surface area (Å²) in [6.07, 6.45) is 6.67. The first-order valence-corrected chi connectivity index (χ1v) is 16.4. The maximum atomic E-state index is 13.9. The standard InChI is InChI=1S/C34H44N6O5/c41-28-10-8-24(9-11-28)32(43)35-30(33(44)39-20-12-26(13-21-39)37-16-4-1-5-17-37)22-31(42)38-18-14-27(15-19-38)40-23-25-6-2-3-7-29(25)36-34(40)45/h2-3,6-11,26-27,30,41H,1,4-5,12-23H2,(H,35,43)(H,36,45)/t30-/m0/s1. The summed E-state index contributed by atoms with van der Waals surface area (Å²) in [6.45, 7) is 4.93. The smallest absolute Gasteiger partial charge is 0.322 e. The van der Waals surface area contributed by atoms with Gasteiger partial charge in [-0.1, -0.05) is 24.6 Å². The Morgan fingerprint density at radius 3 is 2.18 bits per heavy atom. The van der Waals surface area contributed by atoms with E-state index >= 15 is 0 Å². The normalized spacial score (nSPS) is 20.7. The molecule has 0 saturated carbocycles. The summed E-state index contributed by atoms with van der Waals surface area (Å²) in [5.74, 6) is -0.833. The van der Waals surface area contributed by atoms with Crippen molar-refractivity contribution < 1.29 is 24.3 Å². The molecule has 0 aromatic heterocycles. The molecule has 0 radical (unpaired) electrons. The van der Waals surface area contributed by atoms with Crippen molar-refractivity contribution in [1.29, 1.82) is 0 Å². The maximum Gasteiger partial charge on any atom is 0.322 e. The van der Waals surface area contributed by atoms with E-state index in [1.54, 1.807) is 9.80 Å². The molecule has 11 nitrogen and oxygen atoms in total. The average Bonchev–Trinajstić information content (AvgIpc) is 3.08. The Hall–Kier alpha value is -4.12. The second kappa shape index (κ2) is 13.9. The largest absolute Gasteiger partial charge is 0.508 e. The molecule has 0 aliphatic carbocycles. The van der Waals surface area contributed by atoms with Crippen molar-refractivity contribution in [2.45, 2.75) is 76.0 Å². The lowest BCUT2D eigenvalue weighted by Gasteiger charge is -2.41. The van der Waals surface area contributed by atoms with Crippen LogP contribution in [-0.4, -0.2) is 106 Å². The van der Waals surface area contributed by atoms with Crippen molar-refractivity contribution in [2.75, 3.05) is 44.6 Å². The minimum Gasteiger partial charge on any atom is -0.508 e. The number of aromatic hydroxyl groups is 1. The van der Waals surface area contributed by atoms with Gasteiger partial charge in [0.15, 0.2) is 0 Å². The van der Waals surface area contributed by atoms with Crippen LogP contribution in [0.15, 0.2) is 48.5 Å². The Morgan fingerprint density at radius 2 is 1.47 bits per heavy atom. The van der Waals surface area contributed by atoms with E-state index in [0.717, 1.165) is 37.2 Å². The van der Waals surface area contributed by atoms with Crippen LogP contribution >= 0.6 is 0 Å². The highest BCUT2D eigenvalue weighted by Gasteiger charge is 2.36. The number of phenols is 1. The zero-order valence-electron chi connectivity index (χ0n) is 25.8. The van der Waals surface area contributed by atoms with Gasteiger partial charge in [-0.3, -0.25) is 14.4 Å². The molecule has 2 aromatic carbocycles. The van der Waals surface area contributed by atoms with E-state index < -0.39 is 11.9 Å². The lowest BCUT2D eigenvalue weighted by atomic mass is 9.98. The fraction of sp³-hybridized carbons (Fsp3) is 0.529. The molecule has 5 amide bonds. The van der Waals surface area contributed by atoms with Crippen molar-refractivity contribution in [3.8, 4) is 5.75 Å². The van der Waals surface area contributed by atoms with Gasteiger partial charge in [-0.15, -0.1) is 0 Å². The monoisotopic (exact) mass is 616 g/mol. The van der Waals surface area contributed by atoms with Gasteiger partial charge in [0, 0.05) is 56.1 Å². The van der Waals surface area contributed by atoms with E-state index in [-0.39, 0.29) is 36.1 Å². The van der Waals surface area contributed by atoms with Crippen LogP contribution in [0, 0.1) is 0 Å². The number of amides is 5. The Morgan fingerprint density at radius 1 is 0.822 bits per heavy atom. The summed E-state index contributed by atoms with van der Waals surface area (Å²) in [5, 5.41) is 15.5. The number of carbonyl (C=O) groups is 4. The number of hydrogen-bond donors (Lipinski definition) is 3. The van der Waals surface area contributed by atoms with E-state index in [1.165, 1.54) is 43.5 Å². The molecular formula is C34H44N6O5. The van der Waals surface area contributed by atoms with Crippen LogP contribution in [0.1, 0.15) is 67.3 Å². The third-order valence-electron chi connectivity index (χ3n) is 9.91. The van der Waals surface area contributed by atoms with Gasteiger partial charge in [0.25, 0.3) is 5.91 Å². The summed E-state index contributed by atoms with van der Waals surface area (Å²) in [4.78, 5) is 61.4. The van der Waals surface area contributed by atoms with Crippen molar-refractivity contribution >= 4 is 29.4 Å². The molecule has 11 heteroatoms. The minimum absolute atomic E-state index is 0.00948. The Balaban J connectivity index is 1.08. The molecule has 6 rings (SSSR count). The fourth-order valence-corrected chi connectivity index (χ4v) is 7.26. The Bertz CT molecular complexity index is 1380. The second-order valence-corrected chi connectivity index (χ2v) is 12.8. The molecule has 0 spiro atoms. The molecule has 3 fully saturated rings. The third kappa shape index (κ3) is 7.24. The number of likely N-dealkylation sites (tertiary alicyclic amines) is 3. The number of para-hydroxylation sites is 1. The lowest BCUT2D eigenvalue weighted by Crippen LogP contribution is -2.55. The molecule has 4 aliphatic rings. The first-order valence-electron chi connectivity index (χ1n) is 16.4. The van der Waals surface area contributed by atoms with Gasteiger partial charge in [-0.2, -0.15) is 0 Å². The molecule has 4 heterocycles. The number of carbonyl (C=O) groups excluding carboxylic acids is 4. The van der Waals surface area contributed by atoms with Crippen LogP contribution in [0.25, 0.3) is 0 Å². The number of phenolic OH excluding ortho intramolecular Hbond substituents is 1. The van der Waals surface area contributed by atoms with E-state index in [0.29, 0.717) is 57.2 Å². The summed E-state index contributed by atoms with van der Waals surface area (Å²) >= 11 is 0. The Kier molecular flexibility index (Phi) is 9.53. The first kappa shape index (κ1) is 30.9. The highest BCUT2D eigenvalue weighted by molar-refractivity contribution is 5.99. The molecule has 2 aromatic rings. The molecule has 0 unspecified atom stereocenters. The van der Waals surface area contributed by atoms with Gasteiger partial charge < -0.3 is 35.3 Å². The van der Waals surface area contributed by atoms with Crippen molar-refractivity contribution in [1.82, 2.24) is 24.9 Å². The maximum absolute atomic E-state index is 13.9. The van der Waals surface area contributed by atoms with Gasteiger partial charge in [-0.05, 0) is 87.5 Å². The van der Waals surface area contributed by atoms with Crippen LogP contribution in [0.2, 0.25) is 0 Å². The van der Waals surface area contributed by atoms with Crippen LogP contribution in [0.4, 0.5) is 10.5 Å². The molecule has 3 N–H and O–H groups in total. The zero-order valence-corrected chi connectivity index (χ0v) is 25.8. The number of urea groups is 1. The number of nitrogens with one attached hydrogen (secondary N) is 2. The average molecular weight is 617 g/mol. The SMILES string of the molecule is O=C(N[C@@H](CC(=O)N1CCC(N2Cc3ccccc3NC2=O)CC1)C(=O)N1CCC(N2CCCCC2)CC1)c1ccc(O)cc1. The Labute approximate surface area is 264 Å². The summed E-state index contributed by atoms with van der Waals surface area (Å²) in [6, 6.07) is 13.0. The zero-order chi connectivity index (χ0) is 31.3. The van der Waals surface area contributed by atoms with E-state index in [4.69, 9.17) is 0 Å². The summed E-state index contributed by atoms with van der Waals surface area (Å²) in [5.41, 5.74) is 2.22. The number of benzene rings is 2. The van der Waals surface area contributed by atoms with Crippen molar-refractivity contribution in [3.63, 3.8) is 0 Å². The highest BCUT2D eigenvalue weighted by atomic mass is 16.3. The fourth-order valence-electron chi connectivity index (χ4n) is 7.26. The van der Waals surface area contributed by atoms with Gasteiger partial charge in [0.1, 0.15) is 11.8 Å². The van der Waals surface area contributed by atoms with Crippen molar-refractivity contribution in [2.24, 2.45) is 0 Å². The van der Waals surface area contributed by atoms with Gasteiger partial charge >= 0.3 is 6.03 Å². The van der Waals surface area contributed by atoms with Crippen LogP contribution in [0.3, 0.4) is 0 Å². The molecule has 4 aliphatic heterocycles. The van der Waals surface area contributed by atoms with Crippen LogP contribution < -0.4 is 10.6 Å². The van der Waals surface area contributed by atoms with Crippen LogP contribution in [-0.2, 0) is 16.1 Å². The van der Waals surface area contributed by atoms with E-state index in [2.05, 4.69) is 15.5 Å². The number of rotatable bonds is 7. The van der Waals surface area contributed by atoms with Gasteiger partial charge in [0.2, 0.25) is 11.8 Å². The van der Waals surface area contributed by atoms with Crippen LogP contribution in [0.5, 0.6) is 5.75 Å². The quantitative estimate of drug-likeness (QED) is 0.438. The highest BCUT2D eigenvalue weighted by Crippen LogP contribution is 2.28. The summed E-state index contributed by atoms with van der Waals surface area (Å²) < 4.78 is 0. The predicted octanol–water partition coefficient (Wildman–Crippen LogP) is 3.40. The predicted molar refractivity (Wildman–Crippen MR) is 170 cm³/mol. The second-order valence-electron chi connectivity index (χ2n) is 12.8. The van der Waals surface area contributed by atoms with Gasteiger partial charge in [0.05, 0.1) is 6.42 Å². The number of fused-ring (bicyclic) bond motifs is 1. The van der Waals surface area contributed by atoms with Crippen molar-refractivity contribution in [3.05, 3.63) is 59.7 Å². The molecule has 240 valence electrons. The minimum atomic E-state index is -0.993. The van der Waals surface area contributed by atoms with E-state index in [9.17, 15) is 24.3 Å². The molecular weight excluding hydrogens is 572 g/mol. The first-order chi connectivity index (χ1) is 21.9.